The lowest BCUT2D eigenvalue weighted by molar-refractivity contribution is 0.219. The van der Waals surface area contributed by atoms with Gasteiger partial charge < -0.3 is 11.1 Å². The van der Waals surface area contributed by atoms with E-state index in [1.54, 1.807) is 0 Å². The highest BCUT2D eigenvalue weighted by molar-refractivity contribution is 9.10. The van der Waals surface area contributed by atoms with Crippen LogP contribution in [-0.2, 0) is 5.54 Å². The summed E-state index contributed by atoms with van der Waals surface area (Å²) in [6.45, 7) is 1.75. The molecule has 0 bridgehead atoms. The molecule has 1 aromatic carbocycles. The highest BCUT2D eigenvalue weighted by atomic mass is 79.9. The Balaban J connectivity index is 2.28. The third kappa shape index (κ3) is 1.52. The lowest BCUT2D eigenvalue weighted by Gasteiger charge is -2.43. The molecule has 13 heavy (non-hydrogen) atoms. The summed E-state index contributed by atoms with van der Waals surface area (Å²) in [5, 5.41) is 3.40. The predicted octanol–water partition coefficient (Wildman–Crippen LogP) is 1.60. The second-order valence-electron chi connectivity index (χ2n) is 3.47. The van der Waals surface area contributed by atoms with Crippen LogP contribution in [0, 0.1) is 0 Å². The van der Waals surface area contributed by atoms with E-state index in [0.29, 0.717) is 6.54 Å². The van der Waals surface area contributed by atoms with Gasteiger partial charge in [0.1, 0.15) is 0 Å². The second kappa shape index (κ2) is 3.40. The highest BCUT2D eigenvalue weighted by Crippen LogP contribution is 2.30. The molecule has 3 N–H and O–H groups in total. The van der Waals surface area contributed by atoms with Gasteiger partial charge in [0.25, 0.3) is 0 Å². The molecule has 1 heterocycles. The molecule has 1 aromatic rings. The second-order valence-corrected chi connectivity index (χ2v) is 4.39. The van der Waals surface area contributed by atoms with E-state index < -0.39 is 0 Å². The van der Waals surface area contributed by atoms with Crippen molar-refractivity contribution in [3.63, 3.8) is 0 Å². The molecule has 3 heteroatoms. The standard InChI is InChI=1S/C10H13BrN2/c11-9-3-1-8(2-4-9)10(7-12)5-6-13-10/h1-4,13H,5-7,12H2. The van der Waals surface area contributed by atoms with E-state index in [1.165, 1.54) is 5.56 Å². The van der Waals surface area contributed by atoms with E-state index in [2.05, 4.69) is 45.5 Å². The van der Waals surface area contributed by atoms with Gasteiger partial charge >= 0.3 is 0 Å². The first kappa shape index (κ1) is 9.19. The third-order valence-electron chi connectivity index (χ3n) is 2.76. The maximum Gasteiger partial charge on any atom is 0.0570 e. The molecule has 1 unspecified atom stereocenters. The smallest absolute Gasteiger partial charge is 0.0570 e. The van der Waals surface area contributed by atoms with Crippen molar-refractivity contribution in [2.45, 2.75) is 12.0 Å². The van der Waals surface area contributed by atoms with Gasteiger partial charge in [-0.2, -0.15) is 0 Å². The van der Waals surface area contributed by atoms with E-state index in [1.807, 2.05) is 0 Å². The van der Waals surface area contributed by atoms with Crippen LogP contribution in [0.5, 0.6) is 0 Å². The van der Waals surface area contributed by atoms with E-state index in [4.69, 9.17) is 5.73 Å². The van der Waals surface area contributed by atoms with Crippen LogP contribution in [0.4, 0.5) is 0 Å². The third-order valence-corrected chi connectivity index (χ3v) is 3.29. The molecule has 0 saturated carbocycles. The lowest BCUT2D eigenvalue weighted by atomic mass is 9.81. The summed E-state index contributed by atoms with van der Waals surface area (Å²) in [7, 11) is 0. The topological polar surface area (TPSA) is 38.0 Å². The molecule has 2 rings (SSSR count). The number of hydrogen-bond donors (Lipinski definition) is 2. The van der Waals surface area contributed by atoms with E-state index in [0.717, 1.165) is 17.4 Å². The minimum absolute atomic E-state index is 0.0562. The van der Waals surface area contributed by atoms with Gasteiger partial charge in [-0.25, -0.2) is 0 Å². The fourth-order valence-electron chi connectivity index (χ4n) is 1.73. The van der Waals surface area contributed by atoms with E-state index in [-0.39, 0.29) is 5.54 Å². The number of hydrogen-bond acceptors (Lipinski definition) is 2. The van der Waals surface area contributed by atoms with Crippen LogP contribution >= 0.6 is 15.9 Å². The van der Waals surface area contributed by atoms with Crippen LogP contribution in [0.1, 0.15) is 12.0 Å². The normalized spacial score (nSPS) is 26.9. The zero-order valence-corrected chi connectivity index (χ0v) is 8.97. The molecular formula is C10H13BrN2. The van der Waals surface area contributed by atoms with Gasteiger partial charge in [-0.15, -0.1) is 0 Å². The molecule has 1 saturated heterocycles. The lowest BCUT2D eigenvalue weighted by Crippen LogP contribution is -2.58. The number of halogens is 1. The van der Waals surface area contributed by atoms with E-state index >= 15 is 0 Å². The van der Waals surface area contributed by atoms with Crippen molar-refractivity contribution in [3.8, 4) is 0 Å². The summed E-state index contributed by atoms with van der Waals surface area (Å²) in [6, 6.07) is 8.38. The fourth-order valence-corrected chi connectivity index (χ4v) is 2.00. The van der Waals surface area contributed by atoms with Crippen molar-refractivity contribution in [1.82, 2.24) is 5.32 Å². The predicted molar refractivity (Wildman–Crippen MR) is 57.5 cm³/mol. The summed E-state index contributed by atoms with van der Waals surface area (Å²) in [5.41, 5.74) is 7.12. The number of benzene rings is 1. The molecule has 2 nitrogen and oxygen atoms in total. The molecule has 70 valence electrons. The van der Waals surface area contributed by atoms with Crippen molar-refractivity contribution < 1.29 is 0 Å². The van der Waals surface area contributed by atoms with Gasteiger partial charge in [-0.3, -0.25) is 0 Å². The Labute approximate surface area is 86.6 Å². The van der Waals surface area contributed by atoms with Crippen molar-refractivity contribution in [2.75, 3.05) is 13.1 Å². The molecule has 1 atom stereocenters. The van der Waals surface area contributed by atoms with Gasteiger partial charge in [0, 0.05) is 11.0 Å². The maximum absolute atomic E-state index is 5.76. The maximum atomic E-state index is 5.76. The summed E-state index contributed by atoms with van der Waals surface area (Å²) in [4.78, 5) is 0. The van der Waals surface area contributed by atoms with Crippen LogP contribution < -0.4 is 11.1 Å². The molecule has 1 aliphatic rings. The molecule has 1 aliphatic heterocycles. The average Bonchev–Trinajstić information content (AvgIpc) is 2.07. The Morgan fingerprint density at radius 3 is 2.38 bits per heavy atom. The first-order valence-electron chi connectivity index (χ1n) is 4.48. The average molecular weight is 241 g/mol. The van der Waals surface area contributed by atoms with E-state index in [9.17, 15) is 0 Å². The van der Waals surface area contributed by atoms with Gasteiger partial charge in [-0.05, 0) is 30.7 Å². The SMILES string of the molecule is NCC1(c2ccc(Br)cc2)CCN1. The number of nitrogens with two attached hydrogens (primary N) is 1. The summed E-state index contributed by atoms with van der Waals surface area (Å²) >= 11 is 3.42. The Morgan fingerprint density at radius 2 is 2.00 bits per heavy atom. The Kier molecular flexibility index (Phi) is 2.41. The quantitative estimate of drug-likeness (QED) is 0.825. The number of nitrogens with one attached hydrogen (secondary N) is 1. The largest absolute Gasteiger partial charge is 0.328 e. The molecule has 0 aromatic heterocycles. The fraction of sp³-hybridized carbons (Fsp3) is 0.400. The van der Waals surface area contributed by atoms with Crippen molar-refractivity contribution >= 4 is 15.9 Å². The zero-order chi connectivity index (χ0) is 9.31. The zero-order valence-electron chi connectivity index (χ0n) is 7.39. The minimum Gasteiger partial charge on any atom is -0.328 e. The molecule has 0 radical (unpaired) electrons. The van der Waals surface area contributed by atoms with Gasteiger partial charge in [0.05, 0.1) is 5.54 Å². The van der Waals surface area contributed by atoms with Crippen LogP contribution in [0.15, 0.2) is 28.7 Å². The molecular weight excluding hydrogens is 228 g/mol. The summed E-state index contributed by atoms with van der Waals surface area (Å²) in [5.74, 6) is 0. The minimum atomic E-state index is 0.0562. The van der Waals surface area contributed by atoms with Crippen LogP contribution in [0.2, 0.25) is 0 Å². The molecule has 0 spiro atoms. The van der Waals surface area contributed by atoms with Gasteiger partial charge in [0.15, 0.2) is 0 Å². The number of rotatable bonds is 2. The monoisotopic (exact) mass is 240 g/mol. The van der Waals surface area contributed by atoms with Gasteiger partial charge in [-0.1, -0.05) is 28.1 Å². The molecule has 0 amide bonds. The highest BCUT2D eigenvalue weighted by Gasteiger charge is 2.36. The van der Waals surface area contributed by atoms with Crippen LogP contribution in [-0.4, -0.2) is 13.1 Å². The van der Waals surface area contributed by atoms with Crippen molar-refractivity contribution in [2.24, 2.45) is 5.73 Å². The summed E-state index contributed by atoms with van der Waals surface area (Å²) in [6.07, 6.45) is 1.14. The Hall–Kier alpha value is -0.380. The summed E-state index contributed by atoms with van der Waals surface area (Å²) < 4.78 is 1.11. The van der Waals surface area contributed by atoms with Crippen molar-refractivity contribution in [1.29, 1.82) is 0 Å². The van der Waals surface area contributed by atoms with Crippen LogP contribution in [0.3, 0.4) is 0 Å². The van der Waals surface area contributed by atoms with Crippen molar-refractivity contribution in [3.05, 3.63) is 34.3 Å². The first-order chi connectivity index (χ1) is 6.27. The first-order valence-corrected chi connectivity index (χ1v) is 5.27. The Bertz CT molecular complexity index is 285. The van der Waals surface area contributed by atoms with Gasteiger partial charge in [0.2, 0.25) is 0 Å². The van der Waals surface area contributed by atoms with Crippen LogP contribution in [0.25, 0.3) is 0 Å². The Morgan fingerprint density at radius 1 is 1.38 bits per heavy atom. The molecule has 1 fully saturated rings. The molecule has 0 aliphatic carbocycles.